The summed E-state index contributed by atoms with van der Waals surface area (Å²) in [5.41, 5.74) is -1.40. The molecule has 1 atom stereocenters. The molecule has 1 aromatic rings. The van der Waals surface area contributed by atoms with Crippen LogP contribution in [0.1, 0.15) is 47.4 Å². The summed E-state index contributed by atoms with van der Waals surface area (Å²) < 4.78 is 10.5. The number of alkyl carbamates (subject to hydrolysis) is 1. The number of hydrogen-bond donors (Lipinski definition) is 1. The SMILES string of the molecule is CSc1nnc(C[C@H](NC(=O)OC(C)(C)C)C(=O)OC(C)(C)C)nn1. The van der Waals surface area contributed by atoms with Crippen molar-refractivity contribution in [3.8, 4) is 0 Å². The van der Waals surface area contributed by atoms with E-state index in [-0.39, 0.29) is 12.2 Å². The summed E-state index contributed by atoms with van der Waals surface area (Å²) in [6, 6.07) is -1.02. The average Bonchev–Trinajstić information content (AvgIpc) is 2.43. The number of aromatic nitrogens is 4. The third-order valence-corrected chi connectivity index (χ3v) is 2.98. The van der Waals surface area contributed by atoms with Crippen molar-refractivity contribution in [3.05, 3.63) is 5.82 Å². The fourth-order valence-electron chi connectivity index (χ4n) is 1.60. The summed E-state index contributed by atoms with van der Waals surface area (Å²) >= 11 is 1.30. The summed E-state index contributed by atoms with van der Waals surface area (Å²) in [4.78, 5) is 24.4. The molecule has 0 radical (unpaired) electrons. The second-order valence-electron chi connectivity index (χ2n) is 7.24. The quantitative estimate of drug-likeness (QED) is 0.610. The lowest BCUT2D eigenvalue weighted by atomic mass is 10.1. The van der Waals surface area contributed by atoms with Crippen LogP contribution in [0.3, 0.4) is 0 Å². The number of nitrogens with zero attached hydrogens (tertiary/aromatic N) is 4. The van der Waals surface area contributed by atoms with Crippen LogP contribution in [-0.2, 0) is 20.7 Å². The van der Waals surface area contributed by atoms with E-state index in [2.05, 4.69) is 25.7 Å². The molecular formula is C15H25N5O4S. The van der Waals surface area contributed by atoms with Gasteiger partial charge in [0.15, 0.2) is 5.82 Å². The van der Waals surface area contributed by atoms with E-state index in [4.69, 9.17) is 9.47 Å². The number of esters is 1. The fraction of sp³-hybridized carbons (Fsp3) is 0.733. The maximum atomic E-state index is 12.4. The predicted octanol–water partition coefficient (Wildman–Crippen LogP) is 1.77. The summed E-state index contributed by atoms with van der Waals surface area (Å²) in [7, 11) is 0. The van der Waals surface area contributed by atoms with E-state index < -0.39 is 29.3 Å². The number of carbonyl (C=O) groups excluding carboxylic acids is 2. The Morgan fingerprint density at radius 3 is 1.96 bits per heavy atom. The number of ether oxygens (including phenoxy) is 2. The zero-order valence-corrected chi connectivity index (χ0v) is 16.4. The van der Waals surface area contributed by atoms with Gasteiger partial charge in [-0.05, 0) is 47.8 Å². The van der Waals surface area contributed by atoms with Gasteiger partial charge in [0.2, 0.25) is 5.16 Å². The molecule has 1 heterocycles. The molecule has 9 nitrogen and oxygen atoms in total. The highest BCUT2D eigenvalue weighted by atomic mass is 32.2. The molecule has 0 aliphatic rings. The van der Waals surface area contributed by atoms with E-state index >= 15 is 0 Å². The van der Waals surface area contributed by atoms with Gasteiger partial charge >= 0.3 is 12.1 Å². The van der Waals surface area contributed by atoms with Gasteiger partial charge in [-0.2, -0.15) is 0 Å². The highest BCUT2D eigenvalue weighted by Gasteiger charge is 2.30. The third kappa shape index (κ3) is 8.62. The van der Waals surface area contributed by atoms with Crippen molar-refractivity contribution < 1.29 is 19.1 Å². The van der Waals surface area contributed by atoms with Crippen LogP contribution >= 0.6 is 11.8 Å². The molecule has 0 aromatic carbocycles. The van der Waals surface area contributed by atoms with Crippen molar-refractivity contribution >= 4 is 23.8 Å². The molecule has 1 rings (SSSR count). The van der Waals surface area contributed by atoms with Gasteiger partial charge in [0.25, 0.3) is 0 Å². The lowest BCUT2D eigenvalue weighted by Crippen LogP contribution is -2.47. The largest absolute Gasteiger partial charge is 0.458 e. The van der Waals surface area contributed by atoms with E-state index in [0.717, 1.165) is 0 Å². The third-order valence-electron chi connectivity index (χ3n) is 2.45. The normalized spacial score (nSPS) is 13.1. The van der Waals surface area contributed by atoms with Crippen molar-refractivity contribution in [1.29, 1.82) is 0 Å². The topological polar surface area (TPSA) is 116 Å². The zero-order chi connectivity index (χ0) is 19.3. The Morgan fingerprint density at radius 2 is 1.52 bits per heavy atom. The minimum absolute atomic E-state index is 0.0111. The van der Waals surface area contributed by atoms with Gasteiger partial charge in [0.1, 0.15) is 17.2 Å². The molecule has 0 unspecified atom stereocenters. The first-order valence-electron chi connectivity index (χ1n) is 7.72. The molecule has 10 heteroatoms. The summed E-state index contributed by atoms with van der Waals surface area (Å²) in [5, 5.41) is 18.5. The van der Waals surface area contributed by atoms with Gasteiger partial charge in [0.05, 0.1) is 0 Å². The maximum Gasteiger partial charge on any atom is 0.408 e. The molecule has 0 saturated heterocycles. The Morgan fingerprint density at radius 1 is 1.00 bits per heavy atom. The predicted molar refractivity (Wildman–Crippen MR) is 92.1 cm³/mol. The molecular weight excluding hydrogens is 346 g/mol. The highest BCUT2D eigenvalue weighted by Crippen LogP contribution is 2.12. The molecule has 0 aliphatic heterocycles. The van der Waals surface area contributed by atoms with E-state index in [9.17, 15) is 9.59 Å². The first-order chi connectivity index (χ1) is 11.4. The standard InChI is InChI=1S/C15H25N5O4S/c1-14(2,3)23-11(21)9(16-13(22)24-15(4,5)6)8-10-17-19-12(25-7)20-18-10/h9H,8H2,1-7H3,(H,16,22)/t9-/m0/s1. The van der Waals surface area contributed by atoms with Crippen LogP contribution in [0.4, 0.5) is 4.79 Å². The van der Waals surface area contributed by atoms with E-state index in [0.29, 0.717) is 5.16 Å². The molecule has 25 heavy (non-hydrogen) atoms. The Balaban J connectivity index is 2.89. The van der Waals surface area contributed by atoms with Crippen LogP contribution in [0.25, 0.3) is 0 Å². The van der Waals surface area contributed by atoms with Gasteiger partial charge < -0.3 is 14.8 Å². The molecule has 1 aromatic heterocycles. The van der Waals surface area contributed by atoms with Crippen molar-refractivity contribution in [1.82, 2.24) is 25.7 Å². The van der Waals surface area contributed by atoms with Gasteiger partial charge in [-0.15, -0.1) is 20.4 Å². The minimum Gasteiger partial charge on any atom is -0.458 e. The lowest BCUT2D eigenvalue weighted by molar-refractivity contribution is -0.157. The zero-order valence-electron chi connectivity index (χ0n) is 15.6. The van der Waals surface area contributed by atoms with Crippen LogP contribution in [0.2, 0.25) is 0 Å². The van der Waals surface area contributed by atoms with E-state index in [1.165, 1.54) is 11.8 Å². The average molecular weight is 371 g/mol. The van der Waals surface area contributed by atoms with Crippen LogP contribution in [0.15, 0.2) is 5.16 Å². The van der Waals surface area contributed by atoms with Crippen molar-refractivity contribution in [2.75, 3.05) is 6.26 Å². The second kappa shape index (κ2) is 8.41. The molecule has 0 aliphatic carbocycles. The Bertz CT molecular complexity index is 595. The smallest absolute Gasteiger partial charge is 0.408 e. The summed E-state index contributed by atoms with van der Waals surface area (Å²) in [6.07, 6.45) is 1.05. The molecule has 0 bridgehead atoms. The molecule has 140 valence electrons. The first-order valence-corrected chi connectivity index (χ1v) is 8.95. The summed E-state index contributed by atoms with van der Waals surface area (Å²) in [6.45, 7) is 10.4. The number of amides is 1. The summed E-state index contributed by atoms with van der Waals surface area (Å²) in [5.74, 6) is -0.402. The molecule has 1 amide bonds. The van der Waals surface area contributed by atoms with Crippen LogP contribution in [0, 0.1) is 0 Å². The van der Waals surface area contributed by atoms with Crippen molar-refractivity contribution in [2.45, 2.75) is 70.4 Å². The highest BCUT2D eigenvalue weighted by molar-refractivity contribution is 7.98. The number of thioether (sulfide) groups is 1. The fourth-order valence-corrected chi connectivity index (χ4v) is 1.85. The van der Waals surface area contributed by atoms with Crippen molar-refractivity contribution in [2.24, 2.45) is 0 Å². The minimum atomic E-state index is -1.02. The second-order valence-corrected chi connectivity index (χ2v) is 8.01. The molecule has 0 fully saturated rings. The monoisotopic (exact) mass is 371 g/mol. The van der Waals surface area contributed by atoms with Crippen LogP contribution < -0.4 is 5.32 Å². The number of hydrogen-bond acceptors (Lipinski definition) is 9. The Labute approximate surface area is 151 Å². The molecule has 0 saturated carbocycles. The van der Waals surface area contributed by atoms with Crippen LogP contribution in [-0.4, -0.2) is 56.0 Å². The number of carbonyl (C=O) groups is 2. The Kier molecular flexibility index (Phi) is 7.09. The Hall–Kier alpha value is -1.97. The van der Waals surface area contributed by atoms with E-state index in [1.54, 1.807) is 47.8 Å². The van der Waals surface area contributed by atoms with Gasteiger partial charge in [0, 0.05) is 6.42 Å². The van der Waals surface area contributed by atoms with Gasteiger partial charge in [-0.1, -0.05) is 11.8 Å². The van der Waals surface area contributed by atoms with Crippen LogP contribution in [0.5, 0.6) is 0 Å². The van der Waals surface area contributed by atoms with Gasteiger partial charge in [-0.3, -0.25) is 0 Å². The molecule has 1 N–H and O–H groups in total. The van der Waals surface area contributed by atoms with Gasteiger partial charge in [-0.25, -0.2) is 9.59 Å². The first kappa shape index (κ1) is 21.1. The van der Waals surface area contributed by atoms with Crippen molar-refractivity contribution in [3.63, 3.8) is 0 Å². The lowest BCUT2D eigenvalue weighted by Gasteiger charge is -2.25. The maximum absolute atomic E-state index is 12.4. The number of rotatable bonds is 5. The molecule has 0 spiro atoms. The van der Waals surface area contributed by atoms with E-state index in [1.807, 2.05) is 0 Å². The number of nitrogens with one attached hydrogen (secondary N) is 1.